The van der Waals surface area contributed by atoms with Crippen molar-refractivity contribution in [1.82, 2.24) is 0 Å². The lowest BCUT2D eigenvalue weighted by molar-refractivity contribution is -0.186. The molecule has 2 atom stereocenters. The van der Waals surface area contributed by atoms with Crippen LogP contribution in [0.2, 0.25) is 5.02 Å². The maximum Gasteiger partial charge on any atom is 0.195 e. The standard InChI is InChI=1S/C14H18BrClO2/c1-10-11(2)18-14(17-10,8-3-9-15)12-4-6-13(16)7-5-12/h4-7,10-11H,3,8-9H2,1-2H3. The lowest BCUT2D eigenvalue weighted by Crippen LogP contribution is -2.28. The third-order valence-corrected chi connectivity index (χ3v) is 4.15. The molecule has 1 aromatic rings. The summed E-state index contributed by atoms with van der Waals surface area (Å²) in [5.41, 5.74) is 1.05. The molecule has 1 fully saturated rings. The molecule has 2 unspecified atom stereocenters. The Kier molecular flexibility index (Phi) is 4.70. The van der Waals surface area contributed by atoms with E-state index in [1.54, 1.807) is 0 Å². The second kappa shape index (κ2) is 5.91. The van der Waals surface area contributed by atoms with Crippen LogP contribution in [0, 0.1) is 0 Å². The molecule has 0 N–H and O–H groups in total. The molecule has 18 heavy (non-hydrogen) atoms. The molecule has 100 valence electrons. The molecule has 0 aromatic heterocycles. The first-order chi connectivity index (χ1) is 8.57. The van der Waals surface area contributed by atoms with Gasteiger partial charge in [0.1, 0.15) is 0 Å². The SMILES string of the molecule is CC1OC(CCCBr)(c2ccc(Cl)cc2)OC1C. The Balaban J connectivity index is 2.28. The Morgan fingerprint density at radius 3 is 2.22 bits per heavy atom. The van der Waals surface area contributed by atoms with Crippen LogP contribution in [0.1, 0.15) is 32.3 Å². The fourth-order valence-corrected chi connectivity index (χ4v) is 2.63. The molecular weight excluding hydrogens is 316 g/mol. The highest BCUT2D eigenvalue weighted by Gasteiger charge is 2.44. The van der Waals surface area contributed by atoms with Gasteiger partial charge < -0.3 is 9.47 Å². The van der Waals surface area contributed by atoms with Gasteiger partial charge in [0.05, 0.1) is 12.2 Å². The fourth-order valence-electron chi connectivity index (χ4n) is 2.22. The Bertz CT molecular complexity index is 383. The predicted octanol–water partition coefficient (Wildman–Crippen LogP) is 4.49. The summed E-state index contributed by atoms with van der Waals surface area (Å²) in [6, 6.07) is 7.74. The van der Waals surface area contributed by atoms with Gasteiger partial charge in [-0.15, -0.1) is 0 Å². The zero-order valence-electron chi connectivity index (χ0n) is 10.7. The van der Waals surface area contributed by atoms with Crippen molar-refractivity contribution >= 4 is 27.5 Å². The molecule has 0 bridgehead atoms. The van der Waals surface area contributed by atoms with Gasteiger partial charge in [-0.3, -0.25) is 0 Å². The van der Waals surface area contributed by atoms with Crippen LogP contribution >= 0.6 is 27.5 Å². The minimum atomic E-state index is -0.614. The molecule has 1 aliphatic rings. The predicted molar refractivity (Wildman–Crippen MR) is 77.3 cm³/mol. The smallest absolute Gasteiger partial charge is 0.195 e. The van der Waals surface area contributed by atoms with Gasteiger partial charge in [0.15, 0.2) is 5.79 Å². The molecule has 0 amide bonds. The Morgan fingerprint density at radius 1 is 1.17 bits per heavy atom. The first kappa shape index (κ1) is 14.3. The highest BCUT2D eigenvalue weighted by Crippen LogP contribution is 2.41. The molecule has 1 aliphatic heterocycles. The van der Waals surface area contributed by atoms with E-state index in [0.29, 0.717) is 0 Å². The molecule has 0 aliphatic carbocycles. The van der Waals surface area contributed by atoms with Gasteiger partial charge in [0.25, 0.3) is 0 Å². The van der Waals surface area contributed by atoms with Crippen LogP contribution < -0.4 is 0 Å². The van der Waals surface area contributed by atoms with Crippen LogP contribution in [0.15, 0.2) is 24.3 Å². The van der Waals surface area contributed by atoms with E-state index in [9.17, 15) is 0 Å². The van der Waals surface area contributed by atoms with Crippen LogP contribution in [0.5, 0.6) is 0 Å². The van der Waals surface area contributed by atoms with Crippen molar-refractivity contribution in [2.75, 3.05) is 5.33 Å². The molecule has 0 spiro atoms. The maximum absolute atomic E-state index is 6.10. The highest BCUT2D eigenvalue weighted by molar-refractivity contribution is 9.09. The number of hydrogen-bond donors (Lipinski definition) is 0. The van der Waals surface area contributed by atoms with Gasteiger partial charge in [-0.2, -0.15) is 0 Å². The fraction of sp³-hybridized carbons (Fsp3) is 0.571. The van der Waals surface area contributed by atoms with E-state index < -0.39 is 5.79 Å². The van der Waals surface area contributed by atoms with Crippen LogP contribution in [0.3, 0.4) is 0 Å². The Labute approximate surface area is 122 Å². The Hall–Kier alpha value is -0.0900. The summed E-state index contributed by atoms with van der Waals surface area (Å²) in [7, 11) is 0. The quantitative estimate of drug-likeness (QED) is 0.756. The molecule has 1 heterocycles. The summed E-state index contributed by atoms with van der Waals surface area (Å²) >= 11 is 9.40. The van der Waals surface area contributed by atoms with Gasteiger partial charge in [0.2, 0.25) is 0 Å². The number of alkyl halides is 1. The van der Waals surface area contributed by atoms with Crippen molar-refractivity contribution in [2.24, 2.45) is 0 Å². The second-order valence-electron chi connectivity index (χ2n) is 4.70. The molecule has 1 saturated heterocycles. The summed E-state index contributed by atoms with van der Waals surface area (Å²) < 4.78 is 12.2. The molecule has 0 saturated carbocycles. The number of benzene rings is 1. The summed E-state index contributed by atoms with van der Waals surface area (Å²) in [6.45, 7) is 4.10. The van der Waals surface area contributed by atoms with Gasteiger partial charge >= 0.3 is 0 Å². The average molecular weight is 334 g/mol. The van der Waals surface area contributed by atoms with Crippen molar-refractivity contribution in [3.63, 3.8) is 0 Å². The van der Waals surface area contributed by atoms with E-state index in [1.165, 1.54) is 0 Å². The van der Waals surface area contributed by atoms with E-state index in [-0.39, 0.29) is 12.2 Å². The van der Waals surface area contributed by atoms with Crippen molar-refractivity contribution in [3.8, 4) is 0 Å². The monoisotopic (exact) mass is 332 g/mol. The van der Waals surface area contributed by atoms with E-state index in [4.69, 9.17) is 21.1 Å². The third-order valence-electron chi connectivity index (χ3n) is 3.34. The normalized spacial score (nSPS) is 31.8. The van der Waals surface area contributed by atoms with Crippen molar-refractivity contribution in [3.05, 3.63) is 34.9 Å². The van der Waals surface area contributed by atoms with Crippen molar-refractivity contribution in [1.29, 1.82) is 0 Å². The lowest BCUT2D eigenvalue weighted by Gasteiger charge is -2.28. The summed E-state index contributed by atoms with van der Waals surface area (Å²) in [5.74, 6) is -0.614. The number of rotatable bonds is 4. The first-order valence-electron chi connectivity index (χ1n) is 6.25. The van der Waals surface area contributed by atoms with Crippen molar-refractivity contribution in [2.45, 2.75) is 44.7 Å². The molecule has 0 radical (unpaired) electrons. The molecule has 1 aromatic carbocycles. The second-order valence-corrected chi connectivity index (χ2v) is 5.93. The molecule has 2 nitrogen and oxygen atoms in total. The minimum Gasteiger partial charge on any atom is -0.340 e. The number of halogens is 2. The van der Waals surface area contributed by atoms with Gasteiger partial charge in [-0.25, -0.2) is 0 Å². The zero-order valence-corrected chi connectivity index (χ0v) is 13.0. The lowest BCUT2D eigenvalue weighted by atomic mass is 10.0. The molecule has 4 heteroatoms. The van der Waals surface area contributed by atoms with Gasteiger partial charge in [-0.1, -0.05) is 39.7 Å². The van der Waals surface area contributed by atoms with E-state index in [1.807, 2.05) is 24.3 Å². The maximum atomic E-state index is 6.10. The number of ether oxygens (including phenoxy) is 2. The number of hydrogen-bond acceptors (Lipinski definition) is 2. The first-order valence-corrected chi connectivity index (χ1v) is 7.75. The highest BCUT2D eigenvalue weighted by atomic mass is 79.9. The van der Waals surface area contributed by atoms with E-state index in [0.717, 1.165) is 28.8 Å². The largest absolute Gasteiger partial charge is 0.340 e. The van der Waals surface area contributed by atoms with Crippen LogP contribution in [0.4, 0.5) is 0 Å². The van der Waals surface area contributed by atoms with Gasteiger partial charge in [0, 0.05) is 22.3 Å². The van der Waals surface area contributed by atoms with Crippen LogP contribution in [0.25, 0.3) is 0 Å². The average Bonchev–Trinajstić information content (AvgIpc) is 2.64. The summed E-state index contributed by atoms with van der Waals surface area (Å²) in [5, 5.41) is 1.67. The molecular formula is C14H18BrClO2. The van der Waals surface area contributed by atoms with Crippen LogP contribution in [-0.2, 0) is 15.3 Å². The summed E-state index contributed by atoms with van der Waals surface area (Å²) in [4.78, 5) is 0. The van der Waals surface area contributed by atoms with Crippen molar-refractivity contribution < 1.29 is 9.47 Å². The summed E-state index contributed by atoms with van der Waals surface area (Å²) in [6.07, 6.45) is 2.06. The Morgan fingerprint density at radius 2 is 1.72 bits per heavy atom. The van der Waals surface area contributed by atoms with Gasteiger partial charge in [-0.05, 0) is 32.4 Å². The van der Waals surface area contributed by atoms with Crippen LogP contribution in [-0.4, -0.2) is 17.5 Å². The third kappa shape index (κ3) is 2.90. The minimum absolute atomic E-state index is 0.107. The van der Waals surface area contributed by atoms with E-state index >= 15 is 0 Å². The molecule has 2 rings (SSSR count). The van der Waals surface area contributed by atoms with E-state index in [2.05, 4.69) is 29.8 Å². The zero-order chi connectivity index (χ0) is 13.2. The topological polar surface area (TPSA) is 18.5 Å².